The van der Waals surface area contributed by atoms with E-state index in [0.29, 0.717) is 6.54 Å². The second-order valence-electron chi connectivity index (χ2n) is 4.75. The molecular weight excluding hydrogens is 254 g/mol. The van der Waals surface area contributed by atoms with Crippen molar-refractivity contribution in [2.24, 2.45) is 5.73 Å². The molecule has 2 aromatic rings. The number of nitrogens with zero attached hydrogens (tertiary/aromatic N) is 2. The Morgan fingerprint density at radius 3 is 2.42 bits per heavy atom. The van der Waals surface area contributed by atoms with Crippen molar-refractivity contribution in [2.45, 2.75) is 44.2 Å². The van der Waals surface area contributed by atoms with Gasteiger partial charge in [-0.05, 0) is 56.5 Å². The summed E-state index contributed by atoms with van der Waals surface area (Å²) in [6.45, 7) is 8.75. The third kappa shape index (κ3) is 2.96. The molecule has 19 heavy (non-hydrogen) atoms. The summed E-state index contributed by atoms with van der Waals surface area (Å²) in [5.74, 6) is 0. The fourth-order valence-electron chi connectivity index (χ4n) is 1.85. The first-order valence-corrected chi connectivity index (χ1v) is 7.12. The predicted molar refractivity (Wildman–Crippen MR) is 79.4 cm³/mol. The van der Waals surface area contributed by atoms with Gasteiger partial charge in [-0.2, -0.15) is 5.10 Å². The second kappa shape index (κ2) is 5.72. The Kier molecular flexibility index (Phi) is 4.22. The van der Waals surface area contributed by atoms with Crippen LogP contribution in [0.1, 0.15) is 27.9 Å². The molecule has 1 aromatic carbocycles. The average Bonchev–Trinajstić information content (AvgIpc) is 2.39. The van der Waals surface area contributed by atoms with Gasteiger partial charge < -0.3 is 5.73 Å². The first-order chi connectivity index (χ1) is 9.02. The maximum atomic E-state index is 5.85. The highest BCUT2D eigenvalue weighted by Crippen LogP contribution is 2.31. The molecular formula is C15H19N3S. The van der Waals surface area contributed by atoms with Crippen LogP contribution in [0, 0.1) is 27.7 Å². The lowest BCUT2D eigenvalue weighted by atomic mass is 10.1. The highest BCUT2D eigenvalue weighted by atomic mass is 32.2. The van der Waals surface area contributed by atoms with Gasteiger partial charge in [-0.3, -0.25) is 0 Å². The van der Waals surface area contributed by atoms with Crippen LogP contribution >= 0.6 is 11.8 Å². The van der Waals surface area contributed by atoms with Gasteiger partial charge in [0.25, 0.3) is 0 Å². The molecule has 0 radical (unpaired) electrons. The van der Waals surface area contributed by atoms with Gasteiger partial charge in [0.1, 0.15) is 5.03 Å². The van der Waals surface area contributed by atoms with Crippen molar-refractivity contribution in [1.82, 2.24) is 10.2 Å². The van der Waals surface area contributed by atoms with Crippen molar-refractivity contribution in [3.63, 3.8) is 0 Å². The van der Waals surface area contributed by atoms with Gasteiger partial charge in [0.15, 0.2) is 0 Å². The molecule has 0 spiro atoms. The summed E-state index contributed by atoms with van der Waals surface area (Å²) in [5, 5.41) is 9.40. The van der Waals surface area contributed by atoms with Crippen LogP contribution in [0.15, 0.2) is 28.1 Å². The SMILES string of the molecule is Cc1ccc(Sc2nnc(C)c(C)c2CN)cc1C. The Balaban J connectivity index is 2.38. The van der Waals surface area contributed by atoms with Gasteiger partial charge in [-0.25, -0.2) is 0 Å². The molecule has 0 amide bonds. The molecule has 2 N–H and O–H groups in total. The molecule has 0 aliphatic heterocycles. The predicted octanol–water partition coefficient (Wildman–Crippen LogP) is 3.32. The summed E-state index contributed by atoms with van der Waals surface area (Å²) in [6.07, 6.45) is 0. The van der Waals surface area contributed by atoms with E-state index in [9.17, 15) is 0 Å². The van der Waals surface area contributed by atoms with E-state index in [4.69, 9.17) is 5.73 Å². The minimum absolute atomic E-state index is 0.495. The number of aryl methyl sites for hydroxylation is 3. The normalized spacial score (nSPS) is 10.8. The van der Waals surface area contributed by atoms with Crippen LogP contribution in [-0.2, 0) is 6.54 Å². The summed E-state index contributed by atoms with van der Waals surface area (Å²) >= 11 is 1.63. The van der Waals surface area contributed by atoms with Crippen LogP contribution in [-0.4, -0.2) is 10.2 Å². The van der Waals surface area contributed by atoms with Crippen molar-refractivity contribution in [3.8, 4) is 0 Å². The zero-order valence-corrected chi connectivity index (χ0v) is 12.6. The van der Waals surface area contributed by atoms with Gasteiger partial charge in [-0.1, -0.05) is 17.8 Å². The summed E-state index contributed by atoms with van der Waals surface area (Å²) in [7, 11) is 0. The summed E-state index contributed by atoms with van der Waals surface area (Å²) in [5.41, 5.74) is 11.6. The number of nitrogens with two attached hydrogens (primary N) is 1. The summed E-state index contributed by atoms with van der Waals surface area (Å²) in [6, 6.07) is 6.43. The highest BCUT2D eigenvalue weighted by molar-refractivity contribution is 7.99. The van der Waals surface area contributed by atoms with Gasteiger partial charge in [-0.15, -0.1) is 5.10 Å². The summed E-state index contributed by atoms with van der Waals surface area (Å²) in [4.78, 5) is 1.18. The smallest absolute Gasteiger partial charge is 0.128 e. The molecule has 0 saturated heterocycles. The minimum Gasteiger partial charge on any atom is -0.326 e. The highest BCUT2D eigenvalue weighted by Gasteiger charge is 2.11. The molecule has 100 valence electrons. The number of hydrogen-bond acceptors (Lipinski definition) is 4. The van der Waals surface area contributed by atoms with E-state index in [-0.39, 0.29) is 0 Å². The molecule has 1 heterocycles. The first-order valence-electron chi connectivity index (χ1n) is 6.31. The standard InChI is InChI=1S/C15H19N3S/c1-9-5-6-13(7-10(9)2)19-15-14(8-16)11(3)12(4)17-18-15/h5-7H,8,16H2,1-4H3. The lowest BCUT2D eigenvalue weighted by Crippen LogP contribution is -2.06. The molecule has 0 bridgehead atoms. The van der Waals surface area contributed by atoms with Crippen LogP contribution in [0.3, 0.4) is 0 Å². The quantitative estimate of drug-likeness (QED) is 0.932. The molecule has 0 aliphatic carbocycles. The topological polar surface area (TPSA) is 51.8 Å². The van der Waals surface area contributed by atoms with Gasteiger partial charge in [0.2, 0.25) is 0 Å². The Labute approximate surface area is 118 Å². The Morgan fingerprint density at radius 2 is 1.79 bits per heavy atom. The zero-order chi connectivity index (χ0) is 14.0. The van der Waals surface area contributed by atoms with Crippen LogP contribution in [0.2, 0.25) is 0 Å². The molecule has 1 aromatic heterocycles. The minimum atomic E-state index is 0.495. The molecule has 0 fully saturated rings. The van der Waals surface area contributed by atoms with Gasteiger partial charge in [0, 0.05) is 17.0 Å². The number of rotatable bonds is 3. The maximum Gasteiger partial charge on any atom is 0.128 e. The maximum absolute atomic E-state index is 5.85. The van der Waals surface area contributed by atoms with Crippen LogP contribution < -0.4 is 5.73 Å². The molecule has 0 atom stereocenters. The lowest BCUT2D eigenvalue weighted by molar-refractivity contribution is 0.825. The molecule has 4 heteroatoms. The fourth-order valence-corrected chi connectivity index (χ4v) is 2.88. The molecule has 3 nitrogen and oxygen atoms in total. The van der Waals surface area contributed by atoms with Crippen LogP contribution in [0.25, 0.3) is 0 Å². The third-order valence-electron chi connectivity index (χ3n) is 3.44. The van der Waals surface area contributed by atoms with E-state index in [0.717, 1.165) is 21.8 Å². The third-order valence-corrected chi connectivity index (χ3v) is 4.45. The van der Waals surface area contributed by atoms with Gasteiger partial charge in [0.05, 0.1) is 5.69 Å². The second-order valence-corrected chi connectivity index (χ2v) is 5.81. The molecule has 0 unspecified atom stereocenters. The number of aromatic nitrogens is 2. The van der Waals surface area contributed by atoms with Crippen molar-refractivity contribution in [2.75, 3.05) is 0 Å². The zero-order valence-electron chi connectivity index (χ0n) is 11.8. The lowest BCUT2D eigenvalue weighted by Gasteiger charge is -2.11. The van der Waals surface area contributed by atoms with E-state index in [2.05, 4.69) is 49.2 Å². The van der Waals surface area contributed by atoms with Crippen molar-refractivity contribution in [3.05, 3.63) is 46.1 Å². The number of benzene rings is 1. The van der Waals surface area contributed by atoms with E-state index >= 15 is 0 Å². The van der Waals surface area contributed by atoms with Crippen molar-refractivity contribution in [1.29, 1.82) is 0 Å². The largest absolute Gasteiger partial charge is 0.326 e. The fraction of sp³-hybridized carbons (Fsp3) is 0.333. The van der Waals surface area contributed by atoms with Crippen molar-refractivity contribution >= 4 is 11.8 Å². The Hall–Kier alpha value is -1.39. The van der Waals surface area contributed by atoms with Gasteiger partial charge >= 0.3 is 0 Å². The van der Waals surface area contributed by atoms with E-state index in [1.54, 1.807) is 11.8 Å². The summed E-state index contributed by atoms with van der Waals surface area (Å²) < 4.78 is 0. The molecule has 0 aliphatic rings. The van der Waals surface area contributed by atoms with Crippen LogP contribution in [0.4, 0.5) is 0 Å². The van der Waals surface area contributed by atoms with Crippen LogP contribution in [0.5, 0.6) is 0 Å². The first kappa shape index (κ1) is 14.0. The van der Waals surface area contributed by atoms with E-state index in [1.807, 2.05) is 6.92 Å². The number of hydrogen-bond donors (Lipinski definition) is 1. The monoisotopic (exact) mass is 273 g/mol. The van der Waals surface area contributed by atoms with E-state index < -0.39 is 0 Å². The van der Waals surface area contributed by atoms with E-state index in [1.165, 1.54) is 16.0 Å². The Morgan fingerprint density at radius 1 is 1.05 bits per heavy atom. The molecule has 2 rings (SSSR count). The molecule has 0 saturated carbocycles. The Bertz CT molecular complexity index is 609. The average molecular weight is 273 g/mol. The van der Waals surface area contributed by atoms with Crippen molar-refractivity contribution < 1.29 is 0 Å².